The molecule has 2 N–H and O–H groups in total. The number of aliphatic hydroxyl groups excluding tert-OH is 1. The lowest BCUT2D eigenvalue weighted by Gasteiger charge is -2.31. The van der Waals surface area contributed by atoms with Gasteiger partial charge in [0.15, 0.2) is 5.60 Å². The number of carbonyl (C=O) groups is 2. The van der Waals surface area contributed by atoms with Crippen molar-refractivity contribution in [2.45, 2.75) is 50.2 Å². The van der Waals surface area contributed by atoms with Gasteiger partial charge >= 0.3 is 0 Å². The number of carbonyl (C=O) groups excluding carboxylic acids is 2. The summed E-state index contributed by atoms with van der Waals surface area (Å²) >= 11 is 0. The van der Waals surface area contributed by atoms with E-state index in [1.807, 2.05) is 49.4 Å². The molecule has 2 amide bonds. The van der Waals surface area contributed by atoms with Crippen molar-refractivity contribution in [3.05, 3.63) is 53.6 Å². The maximum atomic E-state index is 15.7. The number of fused-ring (bicyclic) bond motifs is 2. The second-order valence-corrected chi connectivity index (χ2v) is 14.7. The van der Waals surface area contributed by atoms with E-state index in [0.717, 1.165) is 17.8 Å². The van der Waals surface area contributed by atoms with Crippen LogP contribution in [0.2, 0.25) is 18.6 Å². The van der Waals surface area contributed by atoms with Crippen molar-refractivity contribution in [2.24, 2.45) is 5.92 Å². The minimum absolute atomic E-state index is 0.00851. The summed E-state index contributed by atoms with van der Waals surface area (Å²) in [6.45, 7) is 6.92. The summed E-state index contributed by atoms with van der Waals surface area (Å²) in [5.41, 5.74) is 1.22. The first-order valence-corrected chi connectivity index (χ1v) is 16.2. The molecule has 2 saturated heterocycles. The number of aliphatic hydroxyl groups is 1. The van der Waals surface area contributed by atoms with Crippen LogP contribution in [0.15, 0.2) is 42.5 Å². The summed E-state index contributed by atoms with van der Waals surface area (Å²) in [4.78, 5) is 30.3. The van der Waals surface area contributed by atoms with Gasteiger partial charge < -0.3 is 33.8 Å². The standard InChI is InChI=1S/C28H36FN3O5Si/c1-18-26(38(3,4)29)24(10-13-33)37-28(18)22-15-21(36-2)8-9-23(22)32(27(28)35)17-19-6-5-7-20(14-19)31-12-11-30-16-25(31)34/h5-9,14-15,18,24,26,30,33H,10-13,16-17H2,1-4H3/t18-,24+,26-,28+/m1/s1. The molecule has 1 spiro atoms. The molecule has 0 radical (unpaired) electrons. The SMILES string of the molecule is COc1ccc2c(c1)[C@]1(O[C@@H](CCO)[C@H]([Si](C)(C)F)[C@H]1C)C(=O)N2Cc1cccc(N2CCNCC2=O)c1. The summed E-state index contributed by atoms with van der Waals surface area (Å²) in [5.74, 6) is -0.0691. The van der Waals surface area contributed by atoms with E-state index >= 15 is 4.11 Å². The van der Waals surface area contributed by atoms with Crippen LogP contribution >= 0.6 is 0 Å². The Morgan fingerprint density at radius 1 is 1.24 bits per heavy atom. The van der Waals surface area contributed by atoms with E-state index < -0.39 is 31.6 Å². The lowest BCUT2D eigenvalue weighted by molar-refractivity contribution is -0.146. The Hall–Kier alpha value is -2.79. The highest BCUT2D eigenvalue weighted by Gasteiger charge is 2.66. The van der Waals surface area contributed by atoms with Gasteiger partial charge in [-0.15, -0.1) is 0 Å². The van der Waals surface area contributed by atoms with E-state index in [1.165, 1.54) is 0 Å². The molecule has 0 saturated carbocycles. The monoisotopic (exact) mass is 541 g/mol. The number of amides is 2. The van der Waals surface area contributed by atoms with Crippen molar-refractivity contribution >= 4 is 31.6 Å². The predicted molar refractivity (Wildman–Crippen MR) is 146 cm³/mol. The van der Waals surface area contributed by atoms with Crippen molar-refractivity contribution in [3.63, 3.8) is 0 Å². The number of piperazine rings is 1. The van der Waals surface area contributed by atoms with Gasteiger partial charge in [-0.1, -0.05) is 19.1 Å². The third kappa shape index (κ3) is 4.33. The molecular weight excluding hydrogens is 505 g/mol. The molecule has 3 aliphatic heterocycles. The molecule has 2 fully saturated rings. The van der Waals surface area contributed by atoms with Gasteiger partial charge in [-0.25, -0.2) is 0 Å². The van der Waals surface area contributed by atoms with Gasteiger partial charge in [-0.2, -0.15) is 0 Å². The number of nitrogens with zero attached hydrogens (tertiary/aromatic N) is 2. The first kappa shape index (κ1) is 26.8. The number of nitrogens with one attached hydrogen (secondary N) is 1. The van der Waals surface area contributed by atoms with Crippen LogP contribution in [0, 0.1) is 5.92 Å². The number of hydrogen-bond acceptors (Lipinski definition) is 6. The Labute approximate surface area is 223 Å². The minimum Gasteiger partial charge on any atom is -0.497 e. The molecule has 0 unspecified atom stereocenters. The lowest BCUT2D eigenvalue weighted by Crippen LogP contribution is -2.48. The van der Waals surface area contributed by atoms with Crippen molar-refractivity contribution in [3.8, 4) is 5.75 Å². The molecule has 204 valence electrons. The third-order valence-corrected chi connectivity index (χ3v) is 10.7. The molecule has 3 aliphatic rings. The van der Waals surface area contributed by atoms with Crippen molar-refractivity contribution < 1.29 is 28.3 Å². The quantitative estimate of drug-likeness (QED) is 0.413. The first-order valence-electron chi connectivity index (χ1n) is 13.2. The van der Waals surface area contributed by atoms with Gasteiger partial charge in [-0.3, -0.25) is 9.59 Å². The highest BCUT2D eigenvalue weighted by Crippen LogP contribution is 2.60. The molecule has 38 heavy (non-hydrogen) atoms. The molecule has 2 aromatic rings. The molecule has 0 aliphatic carbocycles. The average molecular weight is 542 g/mol. The summed E-state index contributed by atoms with van der Waals surface area (Å²) in [6, 6.07) is 13.2. The number of ether oxygens (including phenoxy) is 2. The highest BCUT2D eigenvalue weighted by molar-refractivity contribution is 6.72. The van der Waals surface area contributed by atoms with Crippen LogP contribution in [-0.2, 0) is 26.5 Å². The van der Waals surface area contributed by atoms with Crippen LogP contribution in [0.4, 0.5) is 15.5 Å². The number of benzene rings is 2. The molecule has 0 aromatic heterocycles. The largest absolute Gasteiger partial charge is 0.497 e. The van der Waals surface area contributed by atoms with Crippen molar-refractivity contribution in [2.75, 3.05) is 43.2 Å². The van der Waals surface area contributed by atoms with Gasteiger partial charge in [-0.05, 0) is 55.4 Å². The van der Waals surface area contributed by atoms with E-state index in [2.05, 4.69) is 5.32 Å². The summed E-state index contributed by atoms with van der Waals surface area (Å²) in [5, 5.41) is 12.8. The molecule has 10 heteroatoms. The number of methoxy groups -OCH3 is 1. The average Bonchev–Trinajstić information content (AvgIpc) is 3.31. The normalized spacial score (nSPS) is 27.4. The molecule has 4 atom stereocenters. The fourth-order valence-electron chi connectivity index (χ4n) is 6.59. The van der Waals surface area contributed by atoms with Gasteiger partial charge in [0.1, 0.15) is 5.75 Å². The first-order chi connectivity index (χ1) is 18.1. The zero-order valence-corrected chi connectivity index (χ0v) is 23.4. The van der Waals surface area contributed by atoms with Gasteiger partial charge in [0.2, 0.25) is 14.3 Å². The van der Waals surface area contributed by atoms with E-state index in [0.29, 0.717) is 30.1 Å². The molecule has 8 nitrogen and oxygen atoms in total. The highest BCUT2D eigenvalue weighted by atomic mass is 28.4. The van der Waals surface area contributed by atoms with E-state index in [9.17, 15) is 14.7 Å². The fraction of sp³-hybridized carbons (Fsp3) is 0.500. The van der Waals surface area contributed by atoms with Crippen LogP contribution in [0.3, 0.4) is 0 Å². The maximum Gasteiger partial charge on any atom is 0.264 e. The Balaban J connectivity index is 1.55. The van der Waals surface area contributed by atoms with Gasteiger partial charge in [0.05, 0.1) is 32.0 Å². The Kier molecular flexibility index (Phi) is 7.10. The third-order valence-electron chi connectivity index (χ3n) is 8.23. The molecule has 2 aromatic carbocycles. The van der Waals surface area contributed by atoms with Gasteiger partial charge in [0, 0.05) is 42.4 Å². The number of rotatable bonds is 7. The molecule has 0 bridgehead atoms. The summed E-state index contributed by atoms with van der Waals surface area (Å²) in [7, 11) is -1.69. The Bertz CT molecular complexity index is 1240. The molecular formula is C28H36FN3O5Si. The van der Waals surface area contributed by atoms with Gasteiger partial charge in [0.25, 0.3) is 5.91 Å². The Morgan fingerprint density at radius 3 is 2.71 bits per heavy atom. The Morgan fingerprint density at radius 2 is 2.03 bits per heavy atom. The van der Waals surface area contributed by atoms with Crippen molar-refractivity contribution in [1.29, 1.82) is 0 Å². The smallest absolute Gasteiger partial charge is 0.264 e. The minimum atomic E-state index is -3.26. The van der Waals surface area contributed by atoms with Crippen LogP contribution in [0.25, 0.3) is 0 Å². The summed E-state index contributed by atoms with van der Waals surface area (Å²) < 4.78 is 27.8. The molecule has 5 rings (SSSR count). The number of anilines is 2. The fourth-order valence-corrected chi connectivity index (χ4v) is 9.13. The number of hydrogen-bond donors (Lipinski definition) is 2. The van der Waals surface area contributed by atoms with Crippen LogP contribution in [-0.4, -0.2) is 64.8 Å². The van der Waals surface area contributed by atoms with Crippen LogP contribution in [0.5, 0.6) is 5.75 Å². The van der Waals surface area contributed by atoms with Crippen LogP contribution < -0.4 is 19.9 Å². The predicted octanol–water partition coefficient (Wildman–Crippen LogP) is 3.34. The summed E-state index contributed by atoms with van der Waals surface area (Å²) in [6.07, 6.45) is -0.295. The second-order valence-electron chi connectivity index (χ2n) is 10.9. The zero-order chi connectivity index (χ0) is 27.2. The zero-order valence-electron chi connectivity index (χ0n) is 22.4. The lowest BCUT2D eigenvalue weighted by atomic mass is 9.82. The maximum absolute atomic E-state index is 15.7. The van der Waals surface area contributed by atoms with Crippen LogP contribution in [0.1, 0.15) is 24.5 Å². The topological polar surface area (TPSA) is 91.3 Å². The van der Waals surface area contributed by atoms with E-state index in [1.54, 1.807) is 30.0 Å². The van der Waals surface area contributed by atoms with E-state index in [4.69, 9.17) is 9.47 Å². The number of halogens is 1. The second kappa shape index (κ2) is 10.1. The van der Waals surface area contributed by atoms with Crippen molar-refractivity contribution in [1.82, 2.24) is 5.32 Å². The molecule has 3 heterocycles. The van der Waals surface area contributed by atoms with E-state index in [-0.39, 0.29) is 31.4 Å².